The summed E-state index contributed by atoms with van der Waals surface area (Å²) in [6.07, 6.45) is 6.86. The van der Waals surface area contributed by atoms with Crippen LogP contribution in [0.25, 0.3) is 0 Å². The van der Waals surface area contributed by atoms with E-state index in [1.54, 1.807) is 0 Å². The number of hydrogen-bond acceptors (Lipinski definition) is 1. The fourth-order valence-corrected chi connectivity index (χ4v) is 0.954. The minimum absolute atomic E-state index is 1.12. The topological polar surface area (TPSA) is 17.8 Å². The van der Waals surface area contributed by atoms with E-state index < -0.39 is 0 Å². The highest BCUT2D eigenvalue weighted by atomic mass is 15.2. The molecule has 0 saturated heterocycles. The van der Waals surface area contributed by atoms with Crippen molar-refractivity contribution in [3.8, 4) is 0 Å². The van der Waals surface area contributed by atoms with E-state index >= 15 is 0 Å². The summed E-state index contributed by atoms with van der Waals surface area (Å²) in [5.74, 6) is 0. The maximum atomic E-state index is 4.26. The van der Waals surface area contributed by atoms with Crippen LogP contribution in [-0.2, 0) is 13.5 Å². The molecule has 0 atom stereocenters. The standard InChI is InChI=1S/C8H14N2.C3H8/c1-3-4-5-8-6-7-10(2)9-8;1-3-2/h6-7H,3-5H2,1-2H3;3H2,1-2H3. The number of aryl methyl sites for hydroxylation is 2. The Balaban J connectivity index is 0.000000424. The molecular weight excluding hydrogens is 160 g/mol. The van der Waals surface area contributed by atoms with Crippen LogP contribution >= 0.6 is 0 Å². The fourth-order valence-electron chi connectivity index (χ4n) is 0.954. The van der Waals surface area contributed by atoms with Gasteiger partial charge in [-0.25, -0.2) is 0 Å². The van der Waals surface area contributed by atoms with Crippen LogP contribution in [0.5, 0.6) is 0 Å². The van der Waals surface area contributed by atoms with Crippen molar-refractivity contribution in [3.63, 3.8) is 0 Å². The summed E-state index contributed by atoms with van der Waals surface area (Å²) < 4.78 is 1.85. The first-order chi connectivity index (χ1) is 6.24. The highest BCUT2D eigenvalue weighted by Crippen LogP contribution is 2.00. The first-order valence-corrected chi connectivity index (χ1v) is 5.23. The first-order valence-electron chi connectivity index (χ1n) is 5.23. The second kappa shape index (κ2) is 7.84. The lowest BCUT2D eigenvalue weighted by atomic mass is 10.2. The van der Waals surface area contributed by atoms with Crippen LogP contribution in [-0.4, -0.2) is 9.78 Å². The summed E-state index contributed by atoms with van der Waals surface area (Å²) in [5, 5.41) is 4.26. The van der Waals surface area contributed by atoms with Crippen molar-refractivity contribution in [2.75, 3.05) is 0 Å². The van der Waals surface area contributed by atoms with E-state index in [9.17, 15) is 0 Å². The normalized spacial score (nSPS) is 9.23. The molecule has 0 aliphatic heterocycles. The molecule has 0 aliphatic carbocycles. The van der Waals surface area contributed by atoms with Crippen LogP contribution in [0.4, 0.5) is 0 Å². The van der Waals surface area contributed by atoms with E-state index in [1.807, 2.05) is 17.9 Å². The van der Waals surface area contributed by atoms with Gasteiger partial charge in [0.25, 0.3) is 0 Å². The molecule has 0 aliphatic rings. The van der Waals surface area contributed by atoms with E-state index in [4.69, 9.17) is 0 Å². The maximum absolute atomic E-state index is 4.26. The van der Waals surface area contributed by atoms with Gasteiger partial charge in [-0.05, 0) is 18.9 Å². The molecule has 0 amide bonds. The molecule has 0 bridgehead atoms. The van der Waals surface area contributed by atoms with Gasteiger partial charge in [-0.3, -0.25) is 4.68 Å². The van der Waals surface area contributed by atoms with E-state index in [0.29, 0.717) is 0 Å². The lowest BCUT2D eigenvalue weighted by Gasteiger charge is -1.91. The van der Waals surface area contributed by atoms with Gasteiger partial charge in [-0.2, -0.15) is 5.10 Å². The zero-order chi connectivity index (χ0) is 10.1. The van der Waals surface area contributed by atoms with Crippen LogP contribution in [0.1, 0.15) is 45.7 Å². The predicted octanol–water partition coefficient (Wildman–Crippen LogP) is 3.18. The van der Waals surface area contributed by atoms with Gasteiger partial charge < -0.3 is 0 Å². The Morgan fingerprint density at radius 2 is 1.92 bits per heavy atom. The molecule has 1 rings (SSSR count). The van der Waals surface area contributed by atoms with Crippen molar-refractivity contribution in [1.29, 1.82) is 0 Å². The Labute approximate surface area is 82.0 Å². The van der Waals surface area contributed by atoms with Gasteiger partial charge in [0.05, 0.1) is 5.69 Å². The number of rotatable bonds is 3. The summed E-state index contributed by atoms with van der Waals surface area (Å²) >= 11 is 0. The van der Waals surface area contributed by atoms with Gasteiger partial charge >= 0.3 is 0 Å². The predicted molar refractivity (Wildman–Crippen MR) is 57.8 cm³/mol. The molecular formula is C11H22N2. The van der Waals surface area contributed by atoms with Crippen LogP contribution in [0.3, 0.4) is 0 Å². The summed E-state index contributed by atoms with van der Waals surface area (Å²) in [4.78, 5) is 0. The first kappa shape index (κ1) is 12.2. The molecule has 0 aromatic carbocycles. The zero-order valence-corrected chi connectivity index (χ0v) is 9.38. The molecule has 0 spiro atoms. The number of aromatic nitrogens is 2. The SMILES string of the molecule is CCC.CCCCc1ccn(C)n1. The lowest BCUT2D eigenvalue weighted by molar-refractivity contribution is 0.713. The van der Waals surface area contributed by atoms with Crippen LogP contribution < -0.4 is 0 Å². The van der Waals surface area contributed by atoms with E-state index in [1.165, 1.54) is 25.0 Å². The number of unbranched alkanes of at least 4 members (excludes halogenated alkanes) is 1. The lowest BCUT2D eigenvalue weighted by Crippen LogP contribution is -1.90. The molecule has 0 radical (unpaired) electrons. The monoisotopic (exact) mass is 182 g/mol. The second-order valence-electron chi connectivity index (χ2n) is 3.29. The molecule has 0 N–H and O–H groups in total. The Morgan fingerprint density at radius 1 is 1.31 bits per heavy atom. The molecule has 1 heterocycles. The Morgan fingerprint density at radius 3 is 2.31 bits per heavy atom. The summed E-state index contributed by atoms with van der Waals surface area (Å²) in [6, 6.07) is 2.08. The minimum atomic E-state index is 1.12. The van der Waals surface area contributed by atoms with E-state index in [0.717, 1.165) is 6.42 Å². The average Bonchev–Trinajstić information content (AvgIpc) is 2.49. The van der Waals surface area contributed by atoms with E-state index in [2.05, 4.69) is 31.9 Å². The third kappa shape index (κ3) is 6.38. The highest BCUT2D eigenvalue weighted by Gasteiger charge is 1.93. The molecule has 0 fully saturated rings. The Kier molecular flexibility index (Phi) is 7.36. The molecule has 0 unspecified atom stereocenters. The van der Waals surface area contributed by atoms with Gasteiger partial charge in [0.2, 0.25) is 0 Å². The van der Waals surface area contributed by atoms with Crippen molar-refractivity contribution in [2.45, 2.75) is 46.5 Å². The highest BCUT2D eigenvalue weighted by molar-refractivity contribution is 4.98. The summed E-state index contributed by atoms with van der Waals surface area (Å²) in [5.41, 5.74) is 1.21. The molecule has 2 heteroatoms. The molecule has 13 heavy (non-hydrogen) atoms. The smallest absolute Gasteiger partial charge is 0.0624 e. The van der Waals surface area contributed by atoms with Crippen molar-refractivity contribution >= 4 is 0 Å². The van der Waals surface area contributed by atoms with Gasteiger partial charge in [0, 0.05) is 13.2 Å². The second-order valence-corrected chi connectivity index (χ2v) is 3.29. The molecule has 76 valence electrons. The largest absolute Gasteiger partial charge is 0.276 e. The molecule has 1 aromatic rings. The average molecular weight is 182 g/mol. The molecule has 2 nitrogen and oxygen atoms in total. The quantitative estimate of drug-likeness (QED) is 0.702. The Bertz CT molecular complexity index is 204. The number of nitrogens with zero attached hydrogens (tertiary/aromatic N) is 2. The van der Waals surface area contributed by atoms with Crippen molar-refractivity contribution < 1.29 is 0 Å². The van der Waals surface area contributed by atoms with E-state index in [-0.39, 0.29) is 0 Å². The van der Waals surface area contributed by atoms with Gasteiger partial charge in [-0.15, -0.1) is 0 Å². The van der Waals surface area contributed by atoms with Crippen LogP contribution in [0.15, 0.2) is 12.3 Å². The molecule has 0 saturated carbocycles. The van der Waals surface area contributed by atoms with Crippen molar-refractivity contribution in [1.82, 2.24) is 9.78 Å². The Hall–Kier alpha value is -0.790. The zero-order valence-electron chi connectivity index (χ0n) is 9.38. The van der Waals surface area contributed by atoms with Gasteiger partial charge in [0.15, 0.2) is 0 Å². The van der Waals surface area contributed by atoms with Crippen molar-refractivity contribution in [2.24, 2.45) is 7.05 Å². The molecule has 1 aromatic heterocycles. The summed E-state index contributed by atoms with van der Waals surface area (Å²) in [7, 11) is 1.95. The van der Waals surface area contributed by atoms with Gasteiger partial charge in [0.1, 0.15) is 0 Å². The third-order valence-electron chi connectivity index (χ3n) is 1.56. The third-order valence-corrected chi connectivity index (χ3v) is 1.56. The van der Waals surface area contributed by atoms with Crippen molar-refractivity contribution in [3.05, 3.63) is 18.0 Å². The summed E-state index contributed by atoms with van der Waals surface area (Å²) in [6.45, 7) is 6.45. The van der Waals surface area contributed by atoms with Crippen LogP contribution in [0.2, 0.25) is 0 Å². The van der Waals surface area contributed by atoms with Crippen LogP contribution in [0, 0.1) is 0 Å². The van der Waals surface area contributed by atoms with Gasteiger partial charge in [-0.1, -0.05) is 33.6 Å². The maximum Gasteiger partial charge on any atom is 0.0624 e. The number of hydrogen-bond donors (Lipinski definition) is 0. The minimum Gasteiger partial charge on any atom is -0.276 e. The fraction of sp³-hybridized carbons (Fsp3) is 0.727.